The standard InChI is InChI=1S/C17H23NO3/c1-3-18(11-12(2)17(20)21)16(19)10-13-7-8-14-5-4-6-15(14)9-13/h7-9,12H,3-6,10-11H2,1-2H3,(H,20,21). The quantitative estimate of drug-likeness (QED) is 0.874. The maximum absolute atomic E-state index is 12.3. The number of likely N-dealkylation sites (N-methyl/N-ethyl adjacent to an activating group) is 1. The van der Waals surface area contributed by atoms with Crippen LogP contribution in [-0.2, 0) is 28.9 Å². The zero-order valence-corrected chi connectivity index (χ0v) is 12.8. The normalized spacial score (nSPS) is 14.6. The topological polar surface area (TPSA) is 57.6 Å². The smallest absolute Gasteiger partial charge is 0.308 e. The minimum atomic E-state index is -0.862. The number of carbonyl (C=O) groups is 2. The van der Waals surface area contributed by atoms with Gasteiger partial charge >= 0.3 is 5.97 Å². The summed E-state index contributed by atoms with van der Waals surface area (Å²) >= 11 is 0. The largest absolute Gasteiger partial charge is 0.481 e. The van der Waals surface area contributed by atoms with E-state index in [0.29, 0.717) is 13.0 Å². The van der Waals surface area contributed by atoms with Gasteiger partial charge in [0.05, 0.1) is 12.3 Å². The molecular weight excluding hydrogens is 266 g/mol. The van der Waals surface area contributed by atoms with Crippen molar-refractivity contribution in [3.8, 4) is 0 Å². The van der Waals surface area contributed by atoms with Gasteiger partial charge in [-0.3, -0.25) is 9.59 Å². The second kappa shape index (κ2) is 6.74. The zero-order valence-electron chi connectivity index (χ0n) is 12.8. The number of aryl methyl sites for hydroxylation is 2. The van der Waals surface area contributed by atoms with Gasteiger partial charge < -0.3 is 10.0 Å². The van der Waals surface area contributed by atoms with Crippen LogP contribution >= 0.6 is 0 Å². The summed E-state index contributed by atoms with van der Waals surface area (Å²) in [5.41, 5.74) is 3.79. The summed E-state index contributed by atoms with van der Waals surface area (Å²) in [6.07, 6.45) is 3.79. The fourth-order valence-corrected chi connectivity index (χ4v) is 2.84. The summed E-state index contributed by atoms with van der Waals surface area (Å²) in [7, 11) is 0. The van der Waals surface area contributed by atoms with Crippen LogP contribution in [0.4, 0.5) is 0 Å². The molecule has 0 aliphatic heterocycles. The summed E-state index contributed by atoms with van der Waals surface area (Å²) < 4.78 is 0. The SMILES string of the molecule is CCN(CC(C)C(=O)O)C(=O)Cc1ccc2c(c1)CCC2. The van der Waals surface area contributed by atoms with Crippen LogP contribution in [0.25, 0.3) is 0 Å². The first-order chi connectivity index (χ1) is 10.0. The number of benzene rings is 1. The van der Waals surface area contributed by atoms with E-state index >= 15 is 0 Å². The molecule has 2 rings (SSSR count). The van der Waals surface area contributed by atoms with Crippen LogP contribution in [0.3, 0.4) is 0 Å². The molecular formula is C17H23NO3. The van der Waals surface area contributed by atoms with Crippen molar-refractivity contribution in [3.05, 3.63) is 34.9 Å². The summed E-state index contributed by atoms with van der Waals surface area (Å²) in [6.45, 7) is 4.33. The van der Waals surface area contributed by atoms with Gasteiger partial charge in [0, 0.05) is 13.1 Å². The molecule has 1 amide bonds. The van der Waals surface area contributed by atoms with E-state index < -0.39 is 11.9 Å². The molecule has 0 fully saturated rings. The number of rotatable bonds is 6. The molecule has 21 heavy (non-hydrogen) atoms. The van der Waals surface area contributed by atoms with Crippen LogP contribution in [0.5, 0.6) is 0 Å². The average molecular weight is 289 g/mol. The molecule has 1 aromatic rings. The van der Waals surface area contributed by atoms with Gasteiger partial charge in [-0.1, -0.05) is 25.1 Å². The van der Waals surface area contributed by atoms with Gasteiger partial charge in [0.2, 0.25) is 5.91 Å². The molecule has 1 aromatic carbocycles. The fraction of sp³-hybridized carbons (Fsp3) is 0.529. The second-order valence-electron chi connectivity index (χ2n) is 5.81. The third kappa shape index (κ3) is 3.84. The van der Waals surface area contributed by atoms with Crippen LogP contribution < -0.4 is 0 Å². The average Bonchev–Trinajstić information content (AvgIpc) is 2.91. The molecule has 0 heterocycles. The molecule has 1 aliphatic carbocycles. The molecule has 0 radical (unpaired) electrons. The van der Waals surface area contributed by atoms with Gasteiger partial charge in [0.25, 0.3) is 0 Å². The van der Waals surface area contributed by atoms with Crippen molar-refractivity contribution in [2.75, 3.05) is 13.1 Å². The number of hydrogen-bond donors (Lipinski definition) is 1. The van der Waals surface area contributed by atoms with Gasteiger partial charge in [0.15, 0.2) is 0 Å². The van der Waals surface area contributed by atoms with E-state index in [4.69, 9.17) is 5.11 Å². The first-order valence-corrected chi connectivity index (χ1v) is 7.62. The zero-order chi connectivity index (χ0) is 15.4. The molecule has 4 heteroatoms. The highest BCUT2D eigenvalue weighted by molar-refractivity contribution is 5.79. The molecule has 0 spiro atoms. The van der Waals surface area contributed by atoms with Crippen molar-refractivity contribution in [2.24, 2.45) is 5.92 Å². The van der Waals surface area contributed by atoms with Gasteiger partial charge in [-0.25, -0.2) is 0 Å². The first kappa shape index (κ1) is 15.5. The van der Waals surface area contributed by atoms with Crippen LogP contribution in [0.1, 0.15) is 37.0 Å². The summed E-state index contributed by atoms with van der Waals surface area (Å²) in [6, 6.07) is 6.28. The molecule has 114 valence electrons. The van der Waals surface area contributed by atoms with Crippen LogP contribution in [0, 0.1) is 5.92 Å². The Morgan fingerprint density at radius 1 is 1.29 bits per heavy atom. The van der Waals surface area contributed by atoms with E-state index in [9.17, 15) is 9.59 Å². The predicted molar refractivity (Wildman–Crippen MR) is 81.2 cm³/mol. The van der Waals surface area contributed by atoms with Crippen molar-refractivity contribution >= 4 is 11.9 Å². The van der Waals surface area contributed by atoms with E-state index in [1.165, 1.54) is 17.5 Å². The van der Waals surface area contributed by atoms with Gasteiger partial charge in [-0.15, -0.1) is 0 Å². The number of fused-ring (bicyclic) bond motifs is 1. The number of aliphatic carboxylic acids is 1. The minimum Gasteiger partial charge on any atom is -0.481 e. The second-order valence-corrected chi connectivity index (χ2v) is 5.81. The lowest BCUT2D eigenvalue weighted by atomic mass is 10.0. The number of carbonyl (C=O) groups excluding carboxylic acids is 1. The highest BCUT2D eigenvalue weighted by atomic mass is 16.4. The highest BCUT2D eigenvalue weighted by Gasteiger charge is 2.20. The van der Waals surface area contributed by atoms with E-state index in [0.717, 1.165) is 18.4 Å². The van der Waals surface area contributed by atoms with Crippen molar-refractivity contribution in [3.63, 3.8) is 0 Å². The Hall–Kier alpha value is -1.84. The fourth-order valence-electron chi connectivity index (χ4n) is 2.84. The van der Waals surface area contributed by atoms with E-state index in [2.05, 4.69) is 12.1 Å². The number of carboxylic acids is 1. The van der Waals surface area contributed by atoms with Crippen LogP contribution in [-0.4, -0.2) is 35.0 Å². The Kier molecular flexibility index (Phi) is 4.99. The first-order valence-electron chi connectivity index (χ1n) is 7.62. The van der Waals surface area contributed by atoms with Crippen molar-refractivity contribution in [2.45, 2.75) is 39.5 Å². The number of amides is 1. The lowest BCUT2D eigenvalue weighted by Crippen LogP contribution is -2.37. The molecule has 0 saturated heterocycles. The molecule has 4 nitrogen and oxygen atoms in total. The molecule has 0 aromatic heterocycles. The Morgan fingerprint density at radius 3 is 2.67 bits per heavy atom. The third-order valence-corrected chi connectivity index (χ3v) is 4.17. The summed E-state index contributed by atoms with van der Waals surface area (Å²) in [5.74, 6) is -1.39. The van der Waals surface area contributed by atoms with Gasteiger partial charge in [0.1, 0.15) is 0 Å². The van der Waals surface area contributed by atoms with Crippen LogP contribution in [0.2, 0.25) is 0 Å². The molecule has 1 N–H and O–H groups in total. The summed E-state index contributed by atoms with van der Waals surface area (Å²) in [5, 5.41) is 8.97. The maximum Gasteiger partial charge on any atom is 0.308 e. The molecule has 0 bridgehead atoms. The van der Waals surface area contributed by atoms with Gasteiger partial charge in [-0.2, -0.15) is 0 Å². The van der Waals surface area contributed by atoms with E-state index in [1.54, 1.807) is 11.8 Å². The lowest BCUT2D eigenvalue weighted by molar-refractivity contribution is -0.142. The Morgan fingerprint density at radius 2 is 2.00 bits per heavy atom. The Bertz CT molecular complexity index is 539. The number of nitrogens with zero attached hydrogens (tertiary/aromatic N) is 1. The highest BCUT2D eigenvalue weighted by Crippen LogP contribution is 2.23. The third-order valence-electron chi connectivity index (χ3n) is 4.17. The molecule has 0 saturated carbocycles. The summed E-state index contributed by atoms with van der Waals surface area (Å²) in [4.78, 5) is 24.9. The Balaban J connectivity index is 2.00. The molecule has 1 unspecified atom stereocenters. The van der Waals surface area contributed by atoms with Crippen molar-refractivity contribution in [1.82, 2.24) is 4.90 Å². The predicted octanol–water partition coefficient (Wildman–Crippen LogP) is 2.29. The maximum atomic E-state index is 12.3. The van der Waals surface area contributed by atoms with E-state index in [-0.39, 0.29) is 12.5 Å². The van der Waals surface area contributed by atoms with E-state index in [1.807, 2.05) is 13.0 Å². The van der Waals surface area contributed by atoms with Gasteiger partial charge in [-0.05, 0) is 42.9 Å². The minimum absolute atomic E-state index is 0.00328. The number of carboxylic acid groups (broad SMARTS) is 1. The molecule has 1 aliphatic rings. The number of hydrogen-bond acceptors (Lipinski definition) is 2. The lowest BCUT2D eigenvalue weighted by Gasteiger charge is -2.23. The van der Waals surface area contributed by atoms with Crippen LogP contribution in [0.15, 0.2) is 18.2 Å². The molecule has 1 atom stereocenters. The van der Waals surface area contributed by atoms with Crippen molar-refractivity contribution in [1.29, 1.82) is 0 Å². The Labute approximate surface area is 125 Å². The monoisotopic (exact) mass is 289 g/mol. The van der Waals surface area contributed by atoms with Crippen molar-refractivity contribution < 1.29 is 14.7 Å².